The molecular formula is C91H125N9O12. The average Bonchev–Trinajstić information content (AvgIpc) is 0.968. The molecule has 1 unspecified atom stereocenters. The van der Waals surface area contributed by atoms with Gasteiger partial charge in [-0.05, 0) is 174 Å². The van der Waals surface area contributed by atoms with Crippen LogP contribution < -0.4 is 40.5 Å². The first-order valence-electron chi connectivity index (χ1n) is 40.4. The first-order chi connectivity index (χ1) is 53.1. The lowest BCUT2D eigenvalue weighted by molar-refractivity contribution is -0.183. The number of hydrogen-bond donors (Lipinski definition) is 7. The summed E-state index contributed by atoms with van der Waals surface area (Å²) in [5.74, 6) is 2.02. The Balaban J connectivity index is 0.000000221. The van der Waals surface area contributed by atoms with Gasteiger partial charge in [-0.2, -0.15) is 10.1 Å². The van der Waals surface area contributed by atoms with E-state index in [1.54, 1.807) is 45.2 Å². The molecule has 14 rings (SSSR count). The van der Waals surface area contributed by atoms with Crippen molar-refractivity contribution >= 4 is 40.9 Å². The van der Waals surface area contributed by atoms with Gasteiger partial charge in [0, 0.05) is 130 Å². The van der Waals surface area contributed by atoms with Crippen LogP contribution in [0.4, 0.5) is 11.4 Å². The fourth-order valence-corrected chi connectivity index (χ4v) is 19.5. The number of carbonyl (C=O) groups excluding carboxylic acids is 5. The molecule has 21 nitrogen and oxygen atoms in total. The van der Waals surface area contributed by atoms with E-state index in [1.165, 1.54) is 12.8 Å². The van der Waals surface area contributed by atoms with Gasteiger partial charge in [-0.25, -0.2) is 0 Å². The highest BCUT2D eigenvalue weighted by Crippen LogP contribution is 2.62. The van der Waals surface area contributed by atoms with Crippen LogP contribution in [0.1, 0.15) is 157 Å². The lowest BCUT2D eigenvalue weighted by atomic mass is 9.45. The highest BCUT2D eigenvalue weighted by Gasteiger charge is 2.60. The Kier molecular flexibility index (Phi) is 26.5. The van der Waals surface area contributed by atoms with Crippen molar-refractivity contribution in [3.05, 3.63) is 166 Å². The molecule has 606 valence electrons. The number of aliphatic hydroxyl groups is 3. The Morgan fingerprint density at radius 3 is 1.53 bits per heavy atom. The first kappa shape index (κ1) is 84.5. The zero-order chi connectivity index (χ0) is 81.2. The molecule has 16 atom stereocenters. The molecule has 6 saturated carbocycles. The van der Waals surface area contributed by atoms with E-state index in [0.717, 1.165) is 80.7 Å². The van der Waals surface area contributed by atoms with Crippen molar-refractivity contribution in [1.82, 2.24) is 36.3 Å². The second-order valence-electron chi connectivity index (χ2n) is 35.3. The highest BCUT2D eigenvalue weighted by molar-refractivity contribution is 5.98. The minimum absolute atomic E-state index is 0.0172. The fraction of sp³-hybridized carbons (Fsp3) is 0.549. The number of amides is 5. The van der Waals surface area contributed by atoms with E-state index >= 15 is 0 Å². The number of fused-ring (bicyclic) bond motifs is 4. The van der Waals surface area contributed by atoms with Crippen LogP contribution >= 0.6 is 0 Å². The minimum atomic E-state index is -0.909. The van der Waals surface area contributed by atoms with Crippen molar-refractivity contribution in [2.24, 2.45) is 58.2 Å². The molecule has 0 radical (unpaired) electrons. The molecule has 6 aromatic carbocycles. The summed E-state index contributed by atoms with van der Waals surface area (Å²) in [5.41, 5.74) is 11.1. The number of rotatable bonds is 27. The SMILES string of the molecule is CNC(=O)c1cc(-c2cccc(CN3O[C@@H](CO)[C@H]([C@H](C)N(CCc4ccccc4)C(C)=O)C3C(=O)N[C@H]3C[C@H]4C[C@@H]([C@@H]3C)C4(C)C)c2OC)cc(N(C)C)c1.COc1c(CN2O[C@@H](CO)[C@@H]([C@H](C)O)[C@H]2C(=O)N[C@H]2C[C@H]3C[C@@H]([C@@H]2C)C3(C)C)cc(C(C)(C)C)cc1-c1cc(C(=O)NCCc2ccccc2)cc(N(C)C)c1. The molecule has 4 bridgehead atoms. The summed E-state index contributed by atoms with van der Waals surface area (Å²) < 4.78 is 12.3. The predicted molar refractivity (Wildman–Crippen MR) is 440 cm³/mol. The van der Waals surface area contributed by atoms with Crippen molar-refractivity contribution in [1.29, 1.82) is 0 Å². The van der Waals surface area contributed by atoms with E-state index in [9.17, 15) is 39.3 Å². The number of carbonyl (C=O) groups is 5. The van der Waals surface area contributed by atoms with Gasteiger partial charge in [-0.3, -0.25) is 33.6 Å². The molecule has 2 heterocycles. The van der Waals surface area contributed by atoms with Crippen molar-refractivity contribution in [2.45, 2.75) is 189 Å². The summed E-state index contributed by atoms with van der Waals surface area (Å²) in [7, 11) is 12.6. The van der Waals surface area contributed by atoms with Gasteiger partial charge in [0.15, 0.2) is 0 Å². The topological polar surface area (TPSA) is 247 Å². The fourth-order valence-electron chi connectivity index (χ4n) is 19.5. The third-order valence-electron chi connectivity index (χ3n) is 26.5. The Hall–Kier alpha value is -8.41. The number of benzene rings is 6. The monoisotopic (exact) mass is 1540 g/mol. The van der Waals surface area contributed by atoms with Crippen molar-refractivity contribution < 1.29 is 58.4 Å². The maximum absolute atomic E-state index is 14.9. The first-order valence-corrected chi connectivity index (χ1v) is 40.4. The number of anilines is 2. The predicted octanol–water partition coefficient (Wildman–Crippen LogP) is 11.9. The van der Waals surface area contributed by atoms with Gasteiger partial charge in [0.2, 0.25) is 17.7 Å². The largest absolute Gasteiger partial charge is 0.496 e. The van der Waals surface area contributed by atoms with E-state index in [1.807, 2.05) is 147 Å². The maximum Gasteiger partial charge on any atom is 0.251 e. The van der Waals surface area contributed by atoms with E-state index in [4.69, 9.17) is 19.1 Å². The van der Waals surface area contributed by atoms with Gasteiger partial charge >= 0.3 is 0 Å². The Bertz CT molecular complexity index is 4300. The molecule has 2 saturated heterocycles. The van der Waals surface area contributed by atoms with E-state index in [-0.39, 0.29) is 84.2 Å². The van der Waals surface area contributed by atoms with Crippen LogP contribution in [-0.4, -0.2) is 184 Å². The van der Waals surface area contributed by atoms with Crippen LogP contribution in [-0.2, 0) is 55.4 Å². The number of methoxy groups -OCH3 is 2. The lowest BCUT2D eigenvalue weighted by Gasteiger charge is -2.62. The number of hydrogen-bond acceptors (Lipinski definition) is 16. The Morgan fingerprint density at radius 2 is 1.07 bits per heavy atom. The summed E-state index contributed by atoms with van der Waals surface area (Å²) in [6, 6.07) is 39.7. The third-order valence-corrected chi connectivity index (χ3v) is 26.5. The molecule has 2 aliphatic heterocycles. The molecule has 7 N–H and O–H groups in total. The second-order valence-corrected chi connectivity index (χ2v) is 35.3. The van der Waals surface area contributed by atoms with Crippen LogP contribution in [0, 0.1) is 58.2 Å². The van der Waals surface area contributed by atoms with Crippen molar-refractivity contribution in [2.75, 3.05) is 85.6 Å². The van der Waals surface area contributed by atoms with Gasteiger partial charge < -0.3 is 60.8 Å². The Labute approximate surface area is 664 Å². The standard InChI is InChI=1S/C46H64N4O6.C45H61N5O6/c1-27-37-23-34(46(37,6)7)24-38(27)48-44(54)41-40(28(2)52)39(26-51)56-50(41)25-32-19-33(45(3,4)5)22-36(42(32)55-10)30-18-31(21-35(20-30)49(8)9)43(53)47-17-16-29-14-12-11-13-15-29;1-27-37-23-34(45(37,4)5)24-38(27)47-44(54)41-40(28(2)49(29(3)52)19-18-30-14-11-10-12-15-30)39(26-51)56-50(41)25-31-16-13-17-36(42(31)55-9)32-20-33(43(53)46-6)22-35(21-32)48(7)8/h11-15,18-22,27-28,34,37-41,51-52H,16-17,23-26H2,1-10H3,(H,47,53)(H,48,54);10-17,20-22,27-28,34,37-41,51H,18-19,23-26H2,1-9H3,(H,46,53)(H,47,54)/t27-,28-,34+,37-,38-,39-,40+,41-;27-,28-,34+,37-,38-,39-,40-,41?/m00/s1. The number of nitrogens with one attached hydrogen (secondary N) is 4. The molecule has 6 aliphatic carbocycles. The molecule has 0 spiro atoms. The third kappa shape index (κ3) is 17.8. The number of para-hydroxylation sites is 1. The van der Waals surface area contributed by atoms with Crippen LogP contribution in [0.5, 0.6) is 11.5 Å². The van der Waals surface area contributed by atoms with Crippen LogP contribution in [0.3, 0.4) is 0 Å². The summed E-state index contributed by atoms with van der Waals surface area (Å²) in [6.07, 6.45) is 3.21. The summed E-state index contributed by atoms with van der Waals surface area (Å²) in [6.45, 7) is 26.1. The van der Waals surface area contributed by atoms with E-state index < -0.39 is 48.3 Å². The highest BCUT2D eigenvalue weighted by atomic mass is 16.7. The van der Waals surface area contributed by atoms with Crippen LogP contribution in [0.25, 0.3) is 22.3 Å². The summed E-state index contributed by atoms with van der Waals surface area (Å²) in [5, 5.41) is 48.4. The summed E-state index contributed by atoms with van der Waals surface area (Å²) >= 11 is 0. The number of ether oxygens (including phenoxy) is 2. The molecule has 0 aromatic heterocycles. The molecule has 112 heavy (non-hydrogen) atoms. The second kappa shape index (κ2) is 35.1. The zero-order valence-corrected chi connectivity index (χ0v) is 69.6. The van der Waals surface area contributed by atoms with Gasteiger partial charge in [-0.15, -0.1) is 0 Å². The van der Waals surface area contributed by atoms with Crippen molar-refractivity contribution in [3.8, 4) is 33.8 Å². The van der Waals surface area contributed by atoms with E-state index in [2.05, 4.69) is 114 Å². The lowest BCUT2D eigenvalue weighted by Crippen LogP contribution is -2.63. The average molecular weight is 1540 g/mol. The summed E-state index contributed by atoms with van der Waals surface area (Å²) in [4.78, 5) is 87.9. The normalized spacial score (nSPS) is 26.0. The van der Waals surface area contributed by atoms with Gasteiger partial charge in [0.05, 0.1) is 46.6 Å². The smallest absolute Gasteiger partial charge is 0.251 e. The van der Waals surface area contributed by atoms with Gasteiger partial charge in [0.1, 0.15) is 35.8 Å². The molecule has 6 aromatic rings. The zero-order valence-electron chi connectivity index (χ0n) is 69.6. The van der Waals surface area contributed by atoms with Gasteiger partial charge in [0.25, 0.3) is 11.8 Å². The number of aliphatic hydroxyl groups excluding tert-OH is 3. The van der Waals surface area contributed by atoms with E-state index in [0.29, 0.717) is 77.6 Å². The van der Waals surface area contributed by atoms with Crippen LogP contribution in [0.2, 0.25) is 0 Å². The quantitative estimate of drug-likeness (QED) is 0.0253. The minimum Gasteiger partial charge on any atom is -0.496 e. The molecule has 21 heteroatoms. The molecular weight excluding hydrogens is 1410 g/mol. The maximum atomic E-state index is 14.9. The molecule has 8 aliphatic rings. The van der Waals surface area contributed by atoms with Crippen molar-refractivity contribution in [3.63, 3.8) is 0 Å². The number of nitrogens with zero attached hydrogens (tertiary/aromatic N) is 5. The molecule has 8 fully saturated rings. The molecule has 5 amide bonds. The van der Waals surface area contributed by atoms with Crippen LogP contribution in [0.15, 0.2) is 127 Å². The Morgan fingerprint density at radius 1 is 0.598 bits per heavy atom. The van der Waals surface area contributed by atoms with Gasteiger partial charge in [-0.1, -0.05) is 147 Å². The number of hydroxylamine groups is 4.